The molecule has 0 radical (unpaired) electrons. The Balaban J connectivity index is 1.39. The smallest absolute Gasteiger partial charge is 0.255 e. The fraction of sp³-hybridized carbons (Fsp3) is 0.129. The molecule has 0 aliphatic heterocycles. The van der Waals surface area contributed by atoms with Gasteiger partial charge in [-0.05, 0) is 80.4 Å². The number of nitrogens with zero attached hydrogens (tertiary/aromatic N) is 1. The van der Waals surface area contributed by atoms with E-state index < -0.39 is 0 Å². The fourth-order valence-electron chi connectivity index (χ4n) is 5.15. The highest BCUT2D eigenvalue weighted by Gasteiger charge is 2.31. The van der Waals surface area contributed by atoms with Crippen molar-refractivity contribution in [3.63, 3.8) is 0 Å². The topological polar surface area (TPSA) is 20.3 Å². The van der Waals surface area contributed by atoms with Gasteiger partial charge in [0.05, 0.1) is 0 Å². The number of amides is 1. The second-order valence-corrected chi connectivity index (χ2v) is 9.78. The third kappa shape index (κ3) is 3.93. The van der Waals surface area contributed by atoms with Crippen LogP contribution in [0.5, 0.6) is 0 Å². The predicted octanol–water partition coefficient (Wildman–Crippen LogP) is 7.38. The van der Waals surface area contributed by atoms with E-state index >= 15 is 0 Å². The van der Waals surface area contributed by atoms with Crippen LogP contribution in [0.3, 0.4) is 0 Å². The van der Waals surface area contributed by atoms with Crippen molar-refractivity contribution in [2.45, 2.75) is 25.4 Å². The van der Waals surface area contributed by atoms with E-state index in [4.69, 9.17) is 0 Å². The first-order chi connectivity index (χ1) is 16.8. The molecule has 0 saturated carbocycles. The molecule has 166 valence electrons. The van der Waals surface area contributed by atoms with Gasteiger partial charge in [-0.3, -0.25) is 4.79 Å². The van der Waals surface area contributed by atoms with Gasteiger partial charge in [0.15, 0.2) is 0 Å². The van der Waals surface area contributed by atoms with Crippen molar-refractivity contribution in [1.82, 2.24) is 4.90 Å². The van der Waals surface area contributed by atoms with Crippen LogP contribution in [0.25, 0.3) is 21.9 Å². The minimum absolute atomic E-state index is 0.104. The lowest BCUT2D eigenvalue weighted by Gasteiger charge is -2.30. The van der Waals surface area contributed by atoms with E-state index in [1.165, 1.54) is 21.9 Å². The molecule has 3 heteroatoms. The van der Waals surface area contributed by atoms with Crippen LogP contribution < -0.4 is 0 Å². The highest BCUT2D eigenvalue weighted by molar-refractivity contribution is 7.08. The first kappa shape index (κ1) is 20.9. The van der Waals surface area contributed by atoms with Crippen LogP contribution in [-0.4, -0.2) is 16.8 Å². The summed E-state index contributed by atoms with van der Waals surface area (Å²) in [7, 11) is 0. The number of thiophene rings is 1. The molecule has 6 rings (SSSR count). The molecule has 0 atom stereocenters. The molecule has 0 N–H and O–H groups in total. The first-order valence-corrected chi connectivity index (χ1v) is 12.7. The third-order valence-corrected chi connectivity index (χ3v) is 7.57. The van der Waals surface area contributed by atoms with Crippen molar-refractivity contribution in [3.8, 4) is 11.1 Å². The van der Waals surface area contributed by atoms with Crippen molar-refractivity contribution < 1.29 is 4.79 Å². The summed E-state index contributed by atoms with van der Waals surface area (Å²) in [5.41, 5.74) is 6.76. The van der Waals surface area contributed by atoms with E-state index in [-0.39, 0.29) is 11.9 Å². The molecule has 4 aromatic carbocycles. The maximum absolute atomic E-state index is 14.2. The lowest BCUT2D eigenvalue weighted by atomic mass is 9.99. The summed E-state index contributed by atoms with van der Waals surface area (Å²) in [6.07, 6.45) is 1.80. The molecule has 5 aromatic rings. The monoisotopic (exact) mass is 459 g/mol. The fourth-order valence-corrected chi connectivity index (χ4v) is 5.81. The summed E-state index contributed by atoms with van der Waals surface area (Å²) < 4.78 is 0. The largest absolute Gasteiger partial charge is 0.331 e. The molecule has 1 amide bonds. The Bertz CT molecular complexity index is 1450. The van der Waals surface area contributed by atoms with E-state index in [2.05, 4.69) is 94.5 Å². The second-order valence-electron chi connectivity index (χ2n) is 9.00. The molecule has 1 aliphatic carbocycles. The molecule has 0 fully saturated rings. The van der Waals surface area contributed by atoms with Crippen molar-refractivity contribution in [3.05, 3.63) is 130 Å². The zero-order chi connectivity index (χ0) is 22.9. The molecule has 0 spiro atoms. The Morgan fingerprint density at radius 2 is 1.50 bits per heavy atom. The summed E-state index contributed by atoms with van der Waals surface area (Å²) in [6, 6.07) is 33.8. The van der Waals surface area contributed by atoms with Gasteiger partial charge in [-0.25, -0.2) is 0 Å². The molecule has 0 bridgehead atoms. The Labute approximate surface area is 204 Å². The highest BCUT2D eigenvalue weighted by atomic mass is 32.1. The minimum Gasteiger partial charge on any atom is -0.331 e. The number of carbonyl (C=O) groups excluding carboxylic acids is 1. The summed E-state index contributed by atoms with van der Waals surface area (Å²) in [4.78, 5) is 16.3. The van der Waals surface area contributed by atoms with Gasteiger partial charge in [-0.15, -0.1) is 0 Å². The van der Waals surface area contributed by atoms with Gasteiger partial charge in [0.1, 0.15) is 0 Å². The van der Waals surface area contributed by atoms with Crippen LogP contribution >= 0.6 is 11.3 Å². The van der Waals surface area contributed by atoms with Gasteiger partial charge >= 0.3 is 0 Å². The summed E-state index contributed by atoms with van der Waals surface area (Å²) in [5.74, 6) is 0.104. The van der Waals surface area contributed by atoms with Crippen molar-refractivity contribution in [2.24, 2.45) is 0 Å². The molecule has 1 heterocycles. The number of fused-ring (bicyclic) bond motifs is 2. The van der Waals surface area contributed by atoms with Gasteiger partial charge < -0.3 is 4.90 Å². The predicted molar refractivity (Wildman–Crippen MR) is 141 cm³/mol. The Kier molecular flexibility index (Phi) is 5.48. The molecule has 0 unspecified atom stereocenters. The highest BCUT2D eigenvalue weighted by Crippen LogP contribution is 2.31. The van der Waals surface area contributed by atoms with Crippen LogP contribution in [0.1, 0.15) is 27.0 Å². The average molecular weight is 460 g/mol. The zero-order valence-corrected chi connectivity index (χ0v) is 19.7. The summed E-state index contributed by atoms with van der Waals surface area (Å²) in [6.45, 7) is 0.598. The molecule has 34 heavy (non-hydrogen) atoms. The van der Waals surface area contributed by atoms with Crippen molar-refractivity contribution in [1.29, 1.82) is 0 Å². The first-order valence-electron chi connectivity index (χ1n) is 11.7. The van der Waals surface area contributed by atoms with Crippen LogP contribution in [-0.2, 0) is 19.4 Å². The van der Waals surface area contributed by atoms with E-state index in [9.17, 15) is 4.79 Å². The van der Waals surface area contributed by atoms with Crippen LogP contribution in [0.15, 0.2) is 108 Å². The molecule has 0 saturated heterocycles. The quantitative estimate of drug-likeness (QED) is 0.268. The zero-order valence-electron chi connectivity index (χ0n) is 18.9. The van der Waals surface area contributed by atoms with Crippen LogP contribution in [0.2, 0.25) is 0 Å². The minimum atomic E-state index is 0.104. The number of benzene rings is 4. The number of hydrogen-bond acceptors (Lipinski definition) is 2. The van der Waals surface area contributed by atoms with Gasteiger partial charge in [0.2, 0.25) is 0 Å². The Morgan fingerprint density at radius 3 is 2.26 bits per heavy atom. The summed E-state index contributed by atoms with van der Waals surface area (Å²) in [5, 5.41) is 6.61. The van der Waals surface area contributed by atoms with Gasteiger partial charge in [0.25, 0.3) is 5.91 Å². The average Bonchev–Trinajstić information content (AvgIpc) is 3.57. The normalized spacial score (nSPS) is 13.2. The SMILES string of the molecule is O=C(c1ccccc1-c1ccsc1)N(Cc1ccc2ccccc2c1)C1Cc2ccccc2C1. The van der Waals surface area contributed by atoms with Gasteiger partial charge in [-0.1, -0.05) is 78.9 Å². The van der Waals surface area contributed by atoms with Crippen LogP contribution in [0.4, 0.5) is 0 Å². The van der Waals surface area contributed by atoms with Gasteiger partial charge in [0, 0.05) is 18.2 Å². The maximum Gasteiger partial charge on any atom is 0.255 e. The number of rotatable bonds is 5. The molecule has 1 aliphatic rings. The standard InChI is InChI=1S/C31H25NOS/c33-31(30-12-6-5-11-29(30)27-15-16-34-21-27)32(28-18-25-9-3-4-10-26(25)19-28)20-22-13-14-23-7-1-2-8-24(23)17-22/h1-17,21,28H,18-20H2. The Morgan fingerprint density at radius 1 is 0.794 bits per heavy atom. The number of hydrogen-bond donors (Lipinski definition) is 0. The number of carbonyl (C=O) groups is 1. The van der Waals surface area contributed by atoms with E-state index in [0.717, 1.165) is 35.1 Å². The van der Waals surface area contributed by atoms with Crippen LogP contribution in [0, 0.1) is 0 Å². The van der Waals surface area contributed by atoms with Gasteiger partial charge in [-0.2, -0.15) is 11.3 Å². The molecular formula is C31H25NOS. The summed E-state index contributed by atoms with van der Waals surface area (Å²) >= 11 is 1.66. The third-order valence-electron chi connectivity index (χ3n) is 6.89. The second kappa shape index (κ2) is 8.92. The molecular weight excluding hydrogens is 434 g/mol. The molecule has 2 nitrogen and oxygen atoms in total. The van der Waals surface area contributed by atoms with E-state index in [1.54, 1.807) is 11.3 Å². The van der Waals surface area contributed by atoms with E-state index in [1.807, 2.05) is 18.2 Å². The van der Waals surface area contributed by atoms with Crippen molar-refractivity contribution in [2.75, 3.05) is 0 Å². The lowest BCUT2D eigenvalue weighted by molar-refractivity contribution is 0.0668. The molecule has 1 aromatic heterocycles. The van der Waals surface area contributed by atoms with E-state index in [0.29, 0.717) is 6.54 Å². The lowest BCUT2D eigenvalue weighted by Crippen LogP contribution is -2.40. The maximum atomic E-state index is 14.2. The Hall–Kier alpha value is -3.69. The van der Waals surface area contributed by atoms with Crippen molar-refractivity contribution >= 4 is 28.0 Å².